The number of ether oxygens (including phenoxy) is 1. The van der Waals surface area contributed by atoms with Gasteiger partial charge in [0.1, 0.15) is 5.70 Å². The van der Waals surface area contributed by atoms with E-state index in [9.17, 15) is 14.4 Å². The number of amides is 3. The number of rotatable bonds is 4. The minimum Gasteiger partial charge on any atom is -0.372 e. The molecule has 2 aromatic rings. The third-order valence-electron chi connectivity index (χ3n) is 5.38. The number of carbonyl (C=O) groups is 3. The van der Waals surface area contributed by atoms with E-state index in [1.54, 1.807) is 48.5 Å². The first-order chi connectivity index (χ1) is 15.3. The SMILES string of the molecule is CC(=O)Nc1ccc(C2=C(N3CC(C)OC(C)C3)C(=O)N(c3ccccc3Cl)C2=O)cc1. The number of para-hydroxylation sites is 1. The van der Waals surface area contributed by atoms with Crippen LogP contribution in [0.2, 0.25) is 5.02 Å². The monoisotopic (exact) mass is 453 g/mol. The van der Waals surface area contributed by atoms with Crippen molar-refractivity contribution in [3.63, 3.8) is 0 Å². The molecule has 166 valence electrons. The maximum absolute atomic E-state index is 13.6. The van der Waals surface area contributed by atoms with Crippen molar-refractivity contribution in [2.75, 3.05) is 23.3 Å². The first-order valence-corrected chi connectivity index (χ1v) is 10.8. The Kier molecular flexibility index (Phi) is 6.04. The van der Waals surface area contributed by atoms with Gasteiger partial charge >= 0.3 is 0 Å². The lowest BCUT2D eigenvalue weighted by atomic mass is 10.0. The van der Waals surface area contributed by atoms with E-state index in [2.05, 4.69) is 5.32 Å². The normalized spacial score (nSPS) is 21.4. The number of nitrogens with zero attached hydrogens (tertiary/aromatic N) is 2. The van der Waals surface area contributed by atoms with Crippen LogP contribution in [0, 0.1) is 0 Å². The van der Waals surface area contributed by atoms with Crippen molar-refractivity contribution >= 4 is 46.3 Å². The first-order valence-electron chi connectivity index (χ1n) is 10.4. The Bertz CT molecular complexity index is 1100. The maximum Gasteiger partial charge on any atom is 0.282 e. The van der Waals surface area contributed by atoms with Crippen molar-refractivity contribution < 1.29 is 19.1 Å². The van der Waals surface area contributed by atoms with Crippen LogP contribution in [0.5, 0.6) is 0 Å². The fourth-order valence-electron chi connectivity index (χ4n) is 4.21. The minimum absolute atomic E-state index is 0.0908. The molecule has 3 amide bonds. The molecule has 7 nitrogen and oxygen atoms in total. The molecule has 0 bridgehead atoms. The second kappa shape index (κ2) is 8.76. The van der Waals surface area contributed by atoms with Crippen LogP contribution < -0.4 is 10.2 Å². The number of imide groups is 1. The summed E-state index contributed by atoms with van der Waals surface area (Å²) in [6.45, 7) is 6.29. The lowest BCUT2D eigenvalue weighted by Crippen LogP contribution is -2.47. The summed E-state index contributed by atoms with van der Waals surface area (Å²) in [7, 11) is 0. The highest BCUT2D eigenvalue weighted by atomic mass is 35.5. The molecule has 2 atom stereocenters. The summed E-state index contributed by atoms with van der Waals surface area (Å²) in [5.41, 5.74) is 2.20. The van der Waals surface area contributed by atoms with Crippen molar-refractivity contribution in [1.82, 2.24) is 4.90 Å². The molecule has 2 aromatic carbocycles. The number of nitrogens with one attached hydrogen (secondary N) is 1. The van der Waals surface area contributed by atoms with Gasteiger partial charge < -0.3 is 15.0 Å². The second-order valence-electron chi connectivity index (χ2n) is 8.04. The largest absolute Gasteiger partial charge is 0.372 e. The molecule has 32 heavy (non-hydrogen) atoms. The predicted octanol–water partition coefficient (Wildman–Crippen LogP) is 3.69. The molecular weight excluding hydrogens is 430 g/mol. The Hall–Kier alpha value is -3.16. The van der Waals surface area contributed by atoms with Crippen molar-refractivity contribution in [3.8, 4) is 0 Å². The third kappa shape index (κ3) is 4.13. The number of hydrogen-bond acceptors (Lipinski definition) is 5. The molecule has 0 radical (unpaired) electrons. The topological polar surface area (TPSA) is 79.0 Å². The molecule has 0 spiro atoms. The molecule has 2 aliphatic heterocycles. The van der Waals surface area contributed by atoms with Gasteiger partial charge in [0, 0.05) is 25.7 Å². The maximum atomic E-state index is 13.6. The molecule has 0 saturated carbocycles. The van der Waals surface area contributed by atoms with Crippen molar-refractivity contribution in [3.05, 3.63) is 64.8 Å². The van der Waals surface area contributed by atoms with E-state index in [4.69, 9.17) is 16.3 Å². The molecular formula is C24H24ClN3O4. The Morgan fingerprint density at radius 2 is 1.62 bits per heavy atom. The van der Waals surface area contributed by atoms with Crippen LogP contribution in [0.3, 0.4) is 0 Å². The van der Waals surface area contributed by atoms with Gasteiger partial charge in [-0.3, -0.25) is 14.4 Å². The number of anilines is 2. The smallest absolute Gasteiger partial charge is 0.282 e. The molecule has 0 aliphatic carbocycles. The zero-order valence-corrected chi connectivity index (χ0v) is 18.8. The van der Waals surface area contributed by atoms with E-state index in [-0.39, 0.29) is 18.1 Å². The van der Waals surface area contributed by atoms with Gasteiger partial charge in [0.2, 0.25) is 5.91 Å². The van der Waals surface area contributed by atoms with Gasteiger partial charge in [-0.05, 0) is 43.7 Å². The van der Waals surface area contributed by atoms with Crippen LogP contribution in [0.1, 0.15) is 26.3 Å². The zero-order chi connectivity index (χ0) is 23.0. The van der Waals surface area contributed by atoms with E-state index in [0.717, 1.165) is 4.90 Å². The van der Waals surface area contributed by atoms with Crippen LogP contribution in [0.15, 0.2) is 54.2 Å². The summed E-state index contributed by atoms with van der Waals surface area (Å²) in [4.78, 5) is 41.6. The van der Waals surface area contributed by atoms with Crippen molar-refractivity contribution in [2.45, 2.75) is 33.0 Å². The average Bonchev–Trinajstić information content (AvgIpc) is 2.98. The number of carbonyl (C=O) groups excluding carboxylic acids is 3. The van der Waals surface area contributed by atoms with Crippen LogP contribution in [-0.2, 0) is 19.1 Å². The number of morpholine rings is 1. The van der Waals surface area contributed by atoms with Gasteiger partial charge in [0.15, 0.2) is 0 Å². The zero-order valence-electron chi connectivity index (χ0n) is 18.1. The highest BCUT2D eigenvalue weighted by molar-refractivity contribution is 6.47. The van der Waals surface area contributed by atoms with Crippen molar-refractivity contribution in [2.24, 2.45) is 0 Å². The highest BCUT2D eigenvalue weighted by Crippen LogP contribution is 2.38. The Balaban J connectivity index is 1.81. The third-order valence-corrected chi connectivity index (χ3v) is 5.70. The molecule has 1 saturated heterocycles. The summed E-state index contributed by atoms with van der Waals surface area (Å²) in [6.07, 6.45) is -0.182. The fourth-order valence-corrected chi connectivity index (χ4v) is 4.43. The van der Waals surface area contributed by atoms with Crippen LogP contribution in [0.4, 0.5) is 11.4 Å². The summed E-state index contributed by atoms with van der Waals surface area (Å²) in [5.74, 6) is -1.03. The van der Waals surface area contributed by atoms with Gasteiger partial charge in [-0.1, -0.05) is 35.9 Å². The predicted molar refractivity (Wildman–Crippen MR) is 123 cm³/mol. The van der Waals surface area contributed by atoms with E-state index >= 15 is 0 Å². The van der Waals surface area contributed by atoms with Gasteiger partial charge in [-0.2, -0.15) is 0 Å². The average molecular weight is 454 g/mol. The van der Waals surface area contributed by atoms with E-state index in [0.29, 0.717) is 46.3 Å². The minimum atomic E-state index is -0.433. The van der Waals surface area contributed by atoms with Crippen molar-refractivity contribution in [1.29, 1.82) is 0 Å². The summed E-state index contributed by atoms with van der Waals surface area (Å²) >= 11 is 6.34. The highest BCUT2D eigenvalue weighted by Gasteiger charge is 2.44. The molecule has 8 heteroatoms. The second-order valence-corrected chi connectivity index (χ2v) is 8.45. The fraction of sp³-hybridized carbons (Fsp3) is 0.292. The summed E-state index contributed by atoms with van der Waals surface area (Å²) in [6, 6.07) is 13.7. The van der Waals surface area contributed by atoms with E-state index < -0.39 is 11.8 Å². The molecule has 4 rings (SSSR count). The lowest BCUT2D eigenvalue weighted by Gasteiger charge is -2.37. The quantitative estimate of drug-likeness (QED) is 0.714. The Labute approximate surface area is 191 Å². The Morgan fingerprint density at radius 1 is 1.00 bits per heavy atom. The van der Waals surface area contributed by atoms with Gasteiger partial charge in [-0.15, -0.1) is 0 Å². The van der Waals surface area contributed by atoms with E-state index in [1.807, 2.05) is 18.7 Å². The van der Waals surface area contributed by atoms with Crippen LogP contribution >= 0.6 is 11.6 Å². The molecule has 2 aliphatic rings. The van der Waals surface area contributed by atoms with Crippen LogP contribution in [-0.4, -0.2) is 47.9 Å². The number of benzene rings is 2. The summed E-state index contributed by atoms with van der Waals surface area (Å²) in [5, 5.41) is 3.03. The lowest BCUT2D eigenvalue weighted by molar-refractivity contribution is -0.121. The molecule has 2 unspecified atom stereocenters. The molecule has 1 N–H and O–H groups in total. The Morgan fingerprint density at radius 3 is 2.22 bits per heavy atom. The van der Waals surface area contributed by atoms with Gasteiger partial charge in [-0.25, -0.2) is 4.90 Å². The standard InChI is InChI=1S/C24H24ClN3O4/c1-14-12-27(13-15(2)32-14)22-21(17-8-10-18(11-9-17)26-16(3)29)23(30)28(24(22)31)20-7-5-4-6-19(20)25/h4-11,14-15H,12-13H2,1-3H3,(H,26,29). The van der Waals surface area contributed by atoms with Crippen LogP contribution in [0.25, 0.3) is 5.57 Å². The molecule has 0 aromatic heterocycles. The van der Waals surface area contributed by atoms with E-state index in [1.165, 1.54) is 6.92 Å². The van der Waals surface area contributed by atoms with Gasteiger partial charge in [0.05, 0.1) is 28.5 Å². The molecule has 2 heterocycles. The number of hydrogen-bond donors (Lipinski definition) is 1. The number of halogens is 1. The molecule has 1 fully saturated rings. The first kappa shape index (κ1) is 22.0. The van der Waals surface area contributed by atoms with Gasteiger partial charge in [0.25, 0.3) is 11.8 Å². The summed E-state index contributed by atoms with van der Waals surface area (Å²) < 4.78 is 5.83.